The molecule has 1 aliphatic rings. The van der Waals surface area contributed by atoms with Crippen molar-refractivity contribution in [2.24, 2.45) is 0 Å². The first-order valence-electron chi connectivity index (χ1n) is 5.86. The van der Waals surface area contributed by atoms with Crippen molar-refractivity contribution < 1.29 is 4.39 Å². The highest BCUT2D eigenvalue weighted by Gasteiger charge is 2.11. The van der Waals surface area contributed by atoms with Gasteiger partial charge in [-0.15, -0.1) is 12.4 Å². The Morgan fingerprint density at radius 1 is 1.32 bits per heavy atom. The number of pyridine rings is 2. The topological polar surface area (TPSA) is 63.8 Å². The van der Waals surface area contributed by atoms with Gasteiger partial charge in [0.2, 0.25) is 0 Å². The molecule has 0 fully saturated rings. The summed E-state index contributed by atoms with van der Waals surface area (Å²) < 4.78 is 13.4. The minimum atomic E-state index is -0.522. The van der Waals surface area contributed by atoms with Crippen molar-refractivity contribution in [3.63, 3.8) is 0 Å². The Labute approximate surface area is 116 Å². The molecule has 0 radical (unpaired) electrons. The van der Waals surface area contributed by atoms with Crippen LogP contribution in [0.5, 0.6) is 0 Å². The quantitative estimate of drug-likeness (QED) is 0.840. The first-order valence-corrected chi connectivity index (χ1v) is 5.86. The Hall–Kier alpha value is -1.72. The van der Waals surface area contributed by atoms with Crippen LogP contribution >= 0.6 is 12.4 Å². The molecule has 0 saturated heterocycles. The number of hydrogen-bond donors (Lipinski definition) is 2. The summed E-state index contributed by atoms with van der Waals surface area (Å²) in [5.41, 5.74) is 8.84. The van der Waals surface area contributed by atoms with Gasteiger partial charge in [-0.25, -0.2) is 9.37 Å². The van der Waals surface area contributed by atoms with Gasteiger partial charge in [0, 0.05) is 6.54 Å². The SMILES string of the molecule is Cl.Nc1c(F)cnc2ccc(C3=CCNCC3)nc12. The zero-order valence-electron chi connectivity index (χ0n) is 10.2. The van der Waals surface area contributed by atoms with E-state index in [4.69, 9.17) is 5.73 Å². The second-order valence-corrected chi connectivity index (χ2v) is 4.27. The van der Waals surface area contributed by atoms with Gasteiger partial charge in [0.25, 0.3) is 0 Å². The maximum Gasteiger partial charge on any atom is 0.166 e. The van der Waals surface area contributed by atoms with Crippen LogP contribution in [0.2, 0.25) is 0 Å². The molecule has 0 amide bonds. The van der Waals surface area contributed by atoms with Crippen LogP contribution in [-0.2, 0) is 0 Å². The lowest BCUT2D eigenvalue weighted by Crippen LogP contribution is -2.20. The predicted octanol–water partition coefficient (Wildman–Crippen LogP) is 2.15. The Bertz CT molecular complexity index is 642. The largest absolute Gasteiger partial charge is 0.394 e. The fraction of sp³-hybridized carbons (Fsp3) is 0.231. The Morgan fingerprint density at radius 2 is 2.16 bits per heavy atom. The number of halogens is 2. The molecule has 0 atom stereocenters. The van der Waals surface area contributed by atoms with Crippen LogP contribution in [-0.4, -0.2) is 23.1 Å². The van der Waals surface area contributed by atoms with E-state index >= 15 is 0 Å². The molecule has 0 bridgehead atoms. The van der Waals surface area contributed by atoms with Crippen molar-refractivity contribution in [1.82, 2.24) is 15.3 Å². The van der Waals surface area contributed by atoms with Gasteiger partial charge in [-0.05, 0) is 30.7 Å². The summed E-state index contributed by atoms with van der Waals surface area (Å²) in [6.07, 6.45) is 4.14. The Morgan fingerprint density at radius 3 is 2.89 bits per heavy atom. The molecule has 6 heteroatoms. The Kier molecular flexibility index (Phi) is 3.97. The van der Waals surface area contributed by atoms with Gasteiger partial charge >= 0.3 is 0 Å². The summed E-state index contributed by atoms with van der Waals surface area (Å²) in [4.78, 5) is 8.41. The normalized spacial score (nSPS) is 14.9. The summed E-state index contributed by atoms with van der Waals surface area (Å²) in [6, 6.07) is 3.74. The van der Waals surface area contributed by atoms with Crippen LogP contribution in [0.4, 0.5) is 10.1 Å². The summed E-state index contributed by atoms with van der Waals surface area (Å²) in [5, 5.41) is 3.24. The third-order valence-corrected chi connectivity index (χ3v) is 3.10. The van der Waals surface area contributed by atoms with Crippen LogP contribution in [0.25, 0.3) is 16.6 Å². The zero-order chi connectivity index (χ0) is 12.5. The molecule has 3 N–H and O–H groups in total. The number of nitrogens with zero attached hydrogens (tertiary/aromatic N) is 2. The molecule has 3 heterocycles. The number of hydrogen-bond acceptors (Lipinski definition) is 4. The molecule has 0 aliphatic carbocycles. The van der Waals surface area contributed by atoms with E-state index < -0.39 is 5.82 Å². The third-order valence-electron chi connectivity index (χ3n) is 3.10. The average Bonchev–Trinajstić information content (AvgIpc) is 2.44. The summed E-state index contributed by atoms with van der Waals surface area (Å²) in [5.74, 6) is -0.522. The molecular formula is C13H14ClFN4. The van der Waals surface area contributed by atoms with Crippen molar-refractivity contribution in [3.8, 4) is 0 Å². The summed E-state index contributed by atoms with van der Waals surface area (Å²) in [6.45, 7) is 1.77. The molecule has 0 aromatic carbocycles. The molecular weight excluding hydrogens is 267 g/mol. The summed E-state index contributed by atoms with van der Waals surface area (Å²) >= 11 is 0. The van der Waals surface area contributed by atoms with Gasteiger partial charge < -0.3 is 11.1 Å². The third kappa shape index (κ3) is 2.52. The van der Waals surface area contributed by atoms with E-state index in [0.29, 0.717) is 11.0 Å². The number of nitrogens with one attached hydrogen (secondary N) is 1. The smallest absolute Gasteiger partial charge is 0.166 e. The van der Waals surface area contributed by atoms with Crippen molar-refractivity contribution in [3.05, 3.63) is 35.9 Å². The lowest BCUT2D eigenvalue weighted by atomic mass is 10.0. The first kappa shape index (κ1) is 13.7. The molecule has 0 unspecified atom stereocenters. The van der Waals surface area contributed by atoms with E-state index in [2.05, 4.69) is 21.4 Å². The van der Waals surface area contributed by atoms with E-state index in [1.165, 1.54) is 5.57 Å². The molecule has 100 valence electrons. The van der Waals surface area contributed by atoms with Crippen molar-refractivity contribution in [1.29, 1.82) is 0 Å². The van der Waals surface area contributed by atoms with Gasteiger partial charge in [0.1, 0.15) is 5.52 Å². The van der Waals surface area contributed by atoms with E-state index in [0.717, 1.165) is 31.4 Å². The molecule has 19 heavy (non-hydrogen) atoms. The van der Waals surface area contributed by atoms with E-state index in [-0.39, 0.29) is 18.1 Å². The molecule has 4 nitrogen and oxygen atoms in total. The fourth-order valence-electron chi connectivity index (χ4n) is 2.10. The van der Waals surface area contributed by atoms with Crippen molar-refractivity contribution >= 4 is 34.7 Å². The zero-order valence-corrected chi connectivity index (χ0v) is 11.0. The van der Waals surface area contributed by atoms with Gasteiger partial charge in [-0.1, -0.05) is 6.08 Å². The predicted molar refractivity (Wildman–Crippen MR) is 76.6 cm³/mol. The highest BCUT2D eigenvalue weighted by molar-refractivity contribution is 5.87. The van der Waals surface area contributed by atoms with Crippen molar-refractivity contribution in [2.45, 2.75) is 6.42 Å². The maximum absolute atomic E-state index is 13.4. The van der Waals surface area contributed by atoms with Gasteiger partial charge in [-0.2, -0.15) is 0 Å². The molecule has 1 aliphatic heterocycles. The first-order chi connectivity index (χ1) is 8.75. The molecule has 2 aromatic rings. The van der Waals surface area contributed by atoms with Gasteiger partial charge in [-0.3, -0.25) is 4.98 Å². The Balaban J connectivity index is 0.00000133. The molecule has 0 spiro atoms. The molecule has 3 rings (SSSR count). The van der Waals surface area contributed by atoms with E-state index in [1.54, 1.807) is 0 Å². The van der Waals surface area contributed by atoms with Crippen molar-refractivity contribution in [2.75, 3.05) is 18.8 Å². The second-order valence-electron chi connectivity index (χ2n) is 4.27. The fourth-order valence-corrected chi connectivity index (χ4v) is 2.10. The minimum Gasteiger partial charge on any atom is -0.394 e. The number of rotatable bonds is 1. The van der Waals surface area contributed by atoms with Crippen LogP contribution in [0.3, 0.4) is 0 Å². The number of fused-ring (bicyclic) bond motifs is 1. The molecule has 2 aromatic heterocycles. The average molecular weight is 281 g/mol. The van der Waals surface area contributed by atoms with Crippen LogP contribution in [0.15, 0.2) is 24.4 Å². The van der Waals surface area contributed by atoms with Gasteiger partial charge in [0.05, 0.1) is 23.1 Å². The number of aromatic nitrogens is 2. The van der Waals surface area contributed by atoms with E-state index in [1.807, 2.05) is 12.1 Å². The van der Waals surface area contributed by atoms with Gasteiger partial charge in [0.15, 0.2) is 5.82 Å². The highest BCUT2D eigenvalue weighted by Crippen LogP contribution is 2.24. The number of nitrogen functional groups attached to an aromatic ring is 1. The lowest BCUT2D eigenvalue weighted by molar-refractivity contribution is 0.628. The van der Waals surface area contributed by atoms with E-state index in [9.17, 15) is 4.39 Å². The number of anilines is 1. The van der Waals surface area contributed by atoms with Crippen LogP contribution in [0, 0.1) is 5.82 Å². The monoisotopic (exact) mass is 280 g/mol. The maximum atomic E-state index is 13.4. The van der Waals surface area contributed by atoms with Crippen LogP contribution in [0.1, 0.15) is 12.1 Å². The highest BCUT2D eigenvalue weighted by atomic mass is 35.5. The minimum absolute atomic E-state index is 0. The van der Waals surface area contributed by atoms with Crippen LogP contribution < -0.4 is 11.1 Å². The molecule has 0 saturated carbocycles. The second kappa shape index (κ2) is 5.50. The summed E-state index contributed by atoms with van der Waals surface area (Å²) in [7, 11) is 0. The number of nitrogens with two attached hydrogens (primary N) is 1. The standard InChI is InChI=1S/C13H13FN4.ClH/c14-9-7-17-11-2-1-10(18-13(11)12(9)15)8-3-5-16-6-4-8;/h1-3,7,16H,4-6H2,(H2,15,17);1H. The lowest BCUT2D eigenvalue weighted by Gasteiger charge is -2.14.